The van der Waals surface area contributed by atoms with Gasteiger partial charge in [0.25, 0.3) is 5.91 Å². The van der Waals surface area contributed by atoms with E-state index < -0.39 is 0 Å². The van der Waals surface area contributed by atoms with Crippen molar-refractivity contribution >= 4 is 35.6 Å². The number of para-hydroxylation sites is 1. The molecule has 0 unspecified atom stereocenters. The lowest BCUT2D eigenvalue weighted by Gasteiger charge is -2.07. The highest BCUT2D eigenvalue weighted by Crippen LogP contribution is 2.08. The summed E-state index contributed by atoms with van der Waals surface area (Å²) < 4.78 is 0.961. The first-order valence-corrected chi connectivity index (χ1v) is 6.97. The summed E-state index contributed by atoms with van der Waals surface area (Å²) in [5.41, 5.74) is 7.31. The zero-order valence-electron chi connectivity index (χ0n) is 11.3. The third kappa shape index (κ3) is 2.97. The van der Waals surface area contributed by atoms with Crippen LogP contribution in [0.3, 0.4) is 0 Å². The van der Waals surface area contributed by atoms with Crippen LogP contribution in [-0.4, -0.2) is 5.91 Å². The van der Waals surface area contributed by atoms with E-state index in [1.54, 1.807) is 6.08 Å². The largest absolute Gasteiger partial charge is 0.298 e. The standard InChI is InChI=1S/C16H16N2OS/c1-4-8-14-11(2)12(3)15(20-14)16(19)18-17-13-9-6-5-7-10-13/h4-10,17H,1-2H2,3H3,(H,18,19)/b14-8+. The molecule has 0 saturated carbocycles. The Kier molecular flexibility index (Phi) is 4.38. The van der Waals surface area contributed by atoms with E-state index in [0.29, 0.717) is 4.88 Å². The fourth-order valence-electron chi connectivity index (χ4n) is 1.74. The Morgan fingerprint density at radius 1 is 1.30 bits per heavy atom. The molecular weight excluding hydrogens is 268 g/mol. The lowest BCUT2D eigenvalue weighted by molar-refractivity contribution is 0.0966. The van der Waals surface area contributed by atoms with Gasteiger partial charge in [-0.2, -0.15) is 0 Å². The van der Waals surface area contributed by atoms with Crippen molar-refractivity contribution in [1.29, 1.82) is 0 Å². The van der Waals surface area contributed by atoms with Gasteiger partial charge in [0.1, 0.15) is 0 Å². The van der Waals surface area contributed by atoms with Crippen molar-refractivity contribution in [2.24, 2.45) is 0 Å². The Bertz CT molecular complexity index is 732. The molecule has 0 aliphatic rings. The summed E-state index contributed by atoms with van der Waals surface area (Å²) in [6.07, 6.45) is 3.56. The van der Waals surface area contributed by atoms with Gasteiger partial charge in [-0.05, 0) is 35.9 Å². The highest BCUT2D eigenvalue weighted by Gasteiger charge is 2.12. The molecule has 102 valence electrons. The molecule has 1 aromatic heterocycles. The van der Waals surface area contributed by atoms with E-state index in [4.69, 9.17) is 0 Å². The number of rotatable bonds is 4. The van der Waals surface area contributed by atoms with E-state index in [1.165, 1.54) is 11.3 Å². The molecule has 20 heavy (non-hydrogen) atoms. The zero-order chi connectivity index (χ0) is 14.5. The Morgan fingerprint density at radius 3 is 2.65 bits per heavy atom. The number of anilines is 1. The molecule has 0 fully saturated rings. The number of hydrazine groups is 1. The second kappa shape index (κ2) is 6.21. The Morgan fingerprint density at radius 2 is 2.00 bits per heavy atom. The van der Waals surface area contributed by atoms with Gasteiger partial charge in [-0.25, -0.2) is 0 Å². The molecule has 1 amide bonds. The van der Waals surface area contributed by atoms with Crippen LogP contribution in [0.4, 0.5) is 5.69 Å². The van der Waals surface area contributed by atoms with Crippen LogP contribution in [0.1, 0.15) is 15.2 Å². The van der Waals surface area contributed by atoms with Gasteiger partial charge in [0.05, 0.1) is 10.6 Å². The van der Waals surface area contributed by atoms with Gasteiger partial charge in [-0.3, -0.25) is 15.6 Å². The Hall–Kier alpha value is -2.33. The molecule has 0 spiro atoms. The summed E-state index contributed by atoms with van der Waals surface area (Å²) in [7, 11) is 0. The van der Waals surface area contributed by atoms with Crippen molar-refractivity contribution < 1.29 is 4.79 Å². The van der Waals surface area contributed by atoms with Gasteiger partial charge in [0.2, 0.25) is 0 Å². The fourth-order valence-corrected chi connectivity index (χ4v) is 2.82. The highest BCUT2D eigenvalue weighted by molar-refractivity contribution is 7.12. The predicted molar refractivity (Wildman–Crippen MR) is 86.0 cm³/mol. The molecule has 0 aliphatic heterocycles. The average Bonchev–Trinajstić information content (AvgIpc) is 2.75. The molecule has 0 atom stereocenters. The smallest absolute Gasteiger partial charge is 0.279 e. The van der Waals surface area contributed by atoms with Crippen molar-refractivity contribution in [2.45, 2.75) is 6.92 Å². The van der Waals surface area contributed by atoms with Gasteiger partial charge in [-0.15, -0.1) is 11.3 Å². The summed E-state index contributed by atoms with van der Waals surface area (Å²) >= 11 is 1.41. The molecule has 1 heterocycles. The molecule has 2 aromatic rings. The van der Waals surface area contributed by atoms with Crippen molar-refractivity contribution in [1.82, 2.24) is 5.43 Å². The van der Waals surface area contributed by atoms with E-state index in [2.05, 4.69) is 24.0 Å². The minimum absolute atomic E-state index is 0.162. The van der Waals surface area contributed by atoms with Crippen molar-refractivity contribution in [2.75, 3.05) is 5.43 Å². The van der Waals surface area contributed by atoms with E-state index in [9.17, 15) is 4.79 Å². The molecule has 1 aromatic carbocycles. The number of hydrogen-bond donors (Lipinski definition) is 2. The number of carbonyl (C=O) groups is 1. The van der Waals surface area contributed by atoms with Crippen molar-refractivity contribution in [3.8, 4) is 0 Å². The van der Waals surface area contributed by atoms with Gasteiger partial charge in [0, 0.05) is 4.53 Å². The van der Waals surface area contributed by atoms with Crippen LogP contribution in [0.5, 0.6) is 0 Å². The van der Waals surface area contributed by atoms with Gasteiger partial charge < -0.3 is 0 Å². The number of benzene rings is 1. The van der Waals surface area contributed by atoms with E-state index in [0.717, 1.165) is 21.0 Å². The third-order valence-corrected chi connectivity index (χ3v) is 4.17. The minimum Gasteiger partial charge on any atom is -0.298 e. The summed E-state index contributed by atoms with van der Waals surface area (Å²) in [6, 6.07) is 9.48. The van der Waals surface area contributed by atoms with Gasteiger partial charge in [-0.1, -0.05) is 37.4 Å². The van der Waals surface area contributed by atoms with Crippen LogP contribution in [0.2, 0.25) is 0 Å². The lowest BCUT2D eigenvalue weighted by atomic mass is 10.2. The maximum Gasteiger partial charge on any atom is 0.279 e. The molecule has 3 nitrogen and oxygen atoms in total. The molecule has 4 heteroatoms. The van der Waals surface area contributed by atoms with Crippen LogP contribution in [0.15, 0.2) is 43.0 Å². The van der Waals surface area contributed by atoms with Crippen LogP contribution in [-0.2, 0) is 0 Å². The molecule has 2 N–H and O–H groups in total. The third-order valence-electron chi connectivity index (χ3n) is 2.87. The molecular formula is C16H16N2OS. The normalized spacial score (nSPS) is 11.2. The number of amides is 1. The summed E-state index contributed by atoms with van der Waals surface area (Å²) in [4.78, 5) is 12.8. The first-order valence-electron chi connectivity index (χ1n) is 6.16. The van der Waals surface area contributed by atoms with E-state index in [-0.39, 0.29) is 5.91 Å². The van der Waals surface area contributed by atoms with E-state index in [1.807, 2.05) is 43.3 Å². The number of carbonyl (C=O) groups excluding carboxylic acids is 1. The Labute approximate surface area is 121 Å². The number of hydrogen-bond acceptors (Lipinski definition) is 3. The van der Waals surface area contributed by atoms with Crippen molar-refractivity contribution in [3.63, 3.8) is 0 Å². The van der Waals surface area contributed by atoms with Crippen LogP contribution in [0, 0.1) is 6.92 Å². The summed E-state index contributed by atoms with van der Waals surface area (Å²) in [5.74, 6) is -0.162. The first kappa shape index (κ1) is 14.1. The monoisotopic (exact) mass is 284 g/mol. The van der Waals surface area contributed by atoms with Crippen molar-refractivity contribution in [3.05, 3.63) is 63.2 Å². The number of thiophene rings is 1. The molecule has 0 aliphatic carbocycles. The second-order valence-corrected chi connectivity index (χ2v) is 5.30. The average molecular weight is 284 g/mol. The Balaban J connectivity index is 2.18. The number of allylic oxidation sites excluding steroid dienone is 1. The maximum absolute atomic E-state index is 12.2. The maximum atomic E-state index is 12.2. The number of nitrogens with one attached hydrogen (secondary N) is 2. The zero-order valence-corrected chi connectivity index (χ0v) is 12.1. The lowest BCUT2D eigenvalue weighted by Crippen LogP contribution is -2.29. The second-order valence-electron chi connectivity index (χ2n) is 4.25. The molecule has 0 radical (unpaired) electrons. The predicted octanol–water partition coefficient (Wildman–Crippen LogP) is 2.19. The topological polar surface area (TPSA) is 41.1 Å². The SMILES string of the molecule is C=C/C=c1/sc(C(=O)NNc2ccccc2)c(C)c1=C. The van der Waals surface area contributed by atoms with Gasteiger partial charge >= 0.3 is 0 Å². The quantitative estimate of drug-likeness (QED) is 0.845. The van der Waals surface area contributed by atoms with Crippen LogP contribution in [0.25, 0.3) is 12.7 Å². The summed E-state index contributed by atoms with van der Waals surface area (Å²) in [6.45, 7) is 9.56. The fraction of sp³-hybridized carbons (Fsp3) is 0.0625. The molecule has 0 saturated heterocycles. The van der Waals surface area contributed by atoms with Gasteiger partial charge in [0.15, 0.2) is 0 Å². The summed E-state index contributed by atoms with van der Waals surface area (Å²) in [5, 5.41) is 0.875. The highest BCUT2D eigenvalue weighted by atomic mass is 32.1. The van der Waals surface area contributed by atoms with E-state index >= 15 is 0 Å². The van der Waals surface area contributed by atoms with Crippen LogP contribution < -0.4 is 20.6 Å². The molecule has 2 rings (SSSR count). The first-order chi connectivity index (χ1) is 9.63. The van der Waals surface area contributed by atoms with Crippen LogP contribution >= 0.6 is 11.3 Å². The minimum atomic E-state index is -0.162. The molecule has 0 bridgehead atoms.